The SMILES string of the molecule is COC(=O)c1ccc(Nc2nc(C(C)N)co2)cc1. The molecular weight excluding hydrogens is 246 g/mol. The van der Waals surface area contributed by atoms with Gasteiger partial charge in [-0.2, -0.15) is 4.98 Å². The van der Waals surface area contributed by atoms with Gasteiger partial charge < -0.3 is 20.2 Å². The van der Waals surface area contributed by atoms with Crippen LogP contribution in [0, 0.1) is 0 Å². The van der Waals surface area contributed by atoms with Gasteiger partial charge in [-0.05, 0) is 31.2 Å². The number of ether oxygens (including phenoxy) is 1. The monoisotopic (exact) mass is 261 g/mol. The Morgan fingerprint density at radius 2 is 2.11 bits per heavy atom. The Balaban J connectivity index is 2.08. The lowest BCUT2D eigenvalue weighted by molar-refractivity contribution is 0.0601. The Morgan fingerprint density at radius 3 is 2.63 bits per heavy atom. The number of rotatable bonds is 4. The predicted molar refractivity (Wildman–Crippen MR) is 70.2 cm³/mol. The van der Waals surface area contributed by atoms with Crippen molar-refractivity contribution >= 4 is 17.7 Å². The molecule has 3 N–H and O–H groups in total. The van der Waals surface area contributed by atoms with Crippen LogP contribution in [-0.2, 0) is 4.74 Å². The van der Waals surface area contributed by atoms with Crippen molar-refractivity contribution in [2.45, 2.75) is 13.0 Å². The lowest BCUT2D eigenvalue weighted by Crippen LogP contribution is -2.05. The van der Waals surface area contributed by atoms with Gasteiger partial charge in [0.25, 0.3) is 6.01 Å². The zero-order chi connectivity index (χ0) is 13.8. The van der Waals surface area contributed by atoms with E-state index in [-0.39, 0.29) is 12.0 Å². The first-order valence-electron chi connectivity index (χ1n) is 5.76. The van der Waals surface area contributed by atoms with Crippen LogP contribution in [0.25, 0.3) is 0 Å². The third kappa shape index (κ3) is 3.11. The number of hydrogen-bond donors (Lipinski definition) is 2. The Morgan fingerprint density at radius 1 is 1.42 bits per heavy atom. The third-order valence-electron chi connectivity index (χ3n) is 2.55. The van der Waals surface area contributed by atoms with Gasteiger partial charge in [0.05, 0.1) is 18.4 Å². The Bertz CT molecular complexity index is 561. The van der Waals surface area contributed by atoms with Crippen LogP contribution >= 0.6 is 0 Å². The number of carbonyl (C=O) groups excluding carboxylic acids is 1. The summed E-state index contributed by atoms with van der Waals surface area (Å²) in [5, 5.41) is 2.98. The standard InChI is InChI=1S/C13H15N3O3/c1-8(14)11-7-19-13(16-11)15-10-5-3-9(4-6-10)12(17)18-2/h3-8H,14H2,1-2H3,(H,15,16). The highest BCUT2D eigenvalue weighted by atomic mass is 16.5. The number of aromatic nitrogens is 1. The van der Waals surface area contributed by atoms with Crippen molar-refractivity contribution in [2.24, 2.45) is 5.73 Å². The average molecular weight is 261 g/mol. The maximum absolute atomic E-state index is 11.3. The molecule has 6 nitrogen and oxygen atoms in total. The van der Waals surface area contributed by atoms with Crippen LogP contribution in [0.5, 0.6) is 0 Å². The van der Waals surface area contributed by atoms with Crippen LogP contribution in [-0.4, -0.2) is 18.1 Å². The fourth-order valence-corrected chi connectivity index (χ4v) is 1.48. The van der Waals surface area contributed by atoms with E-state index in [1.165, 1.54) is 13.4 Å². The molecule has 6 heteroatoms. The van der Waals surface area contributed by atoms with E-state index >= 15 is 0 Å². The maximum atomic E-state index is 11.3. The fraction of sp³-hybridized carbons (Fsp3) is 0.231. The summed E-state index contributed by atoms with van der Waals surface area (Å²) >= 11 is 0. The van der Waals surface area contributed by atoms with Crippen molar-refractivity contribution in [2.75, 3.05) is 12.4 Å². The highest BCUT2D eigenvalue weighted by Gasteiger charge is 2.08. The molecule has 0 aliphatic carbocycles. The highest BCUT2D eigenvalue weighted by molar-refractivity contribution is 5.89. The molecule has 2 aromatic rings. The minimum atomic E-state index is -0.373. The molecule has 1 atom stereocenters. The molecule has 1 aromatic carbocycles. The number of anilines is 2. The Kier molecular flexibility index (Phi) is 3.82. The topological polar surface area (TPSA) is 90.4 Å². The van der Waals surface area contributed by atoms with E-state index in [0.29, 0.717) is 17.3 Å². The number of hydrogen-bond acceptors (Lipinski definition) is 6. The summed E-state index contributed by atoms with van der Waals surface area (Å²) in [7, 11) is 1.34. The first-order chi connectivity index (χ1) is 9.10. The number of methoxy groups -OCH3 is 1. The van der Waals surface area contributed by atoms with Gasteiger partial charge in [0.1, 0.15) is 6.26 Å². The van der Waals surface area contributed by atoms with Crippen molar-refractivity contribution in [3.63, 3.8) is 0 Å². The summed E-state index contributed by atoms with van der Waals surface area (Å²) in [5.74, 6) is -0.373. The van der Waals surface area contributed by atoms with Crippen molar-refractivity contribution in [1.82, 2.24) is 4.98 Å². The molecule has 0 saturated heterocycles. The van der Waals surface area contributed by atoms with Crippen LogP contribution in [0.1, 0.15) is 29.0 Å². The summed E-state index contributed by atoms with van der Waals surface area (Å²) < 4.78 is 9.85. The summed E-state index contributed by atoms with van der Waals surface area (Å²) in [6.45, 7) is 1.83. The zero-order valence-electron chi connectivity index (χ0n) is 10.7. The fourth-order valence-electron chi connectivity index (χ4n) is 1.48. The molecule has 0 radical (unpaired) electrons. The molecule has 0 fully saturated rings. The summed E-state index contributed by atoms with van der Waals surface area (Å²) in [5.41, 5.74) is 7.60. The van der Waals surface area contributed by atoms with Crippen molar-refractivity contribution in [3.05, 3.63) is 41.8 Å². The van der Waals surface area contributed by atoms with Crippen molar-refractivity contribution in [3.8, 4) is 0 Å². The van der Waals surface area contributed by atoms with Crippen LogP contribution in [0.2, 0.25) is 0 Å². The van der Waals surface area contributed by atoms with Gasteiger partial charge in [-0.1, -0.05) is 0 Å². The van der Waals surface area contributed by atoms with E-state index in [1.54, 1.807) is 24.3 Å². The number of nitrogens with two attached hydrogens (primary N) is 1. The number of nitrogens with zero attached hydrogens (tertiary/aromatic N) is 1. The van der Waals surface area contributed by atoms with E-state index in [9.17, 15) is 4.79 Å². The largest absolute Gasteiger partial charge is 0.465 e. The molecule has 0 spiro atoms. The Labute approximate surface area is 110 Å². The normalized spacial score (nSPS) is 11.9. The second-order valence-corrected chi connectivity index (χ2v) is 4.06. The second-order valence-electron chi connectivity index (χ2n) is 4.06. The number of carbonyl (C=O) groups is 1. The molecule has 0 aliphatic rings. The first kappa shape index (κ1) is 13.1. The smallest absolute Gasteiger partial charge is 0.337 e. The molecule has 1 unspecified atom stereocenters. The molecule has 2 rings (SSSR count). The highest BCUT2D eigenvalue weighted by Crippen LogP contribution is 2.18. The average Bonchev–Trinajstić information content (AvgIpc) is 2.87. The van der Waals surface area contributed by atoms with E-state index < -0.39 is 0 Å². The van der Waals surface area contributed by atoms with Gasteiger partial charge in [0.2, 0.25) is 0 Å². The molecule has 1 aromatic heterocycles. The second kappa shape index (κ2) is 5.53. The van der Waals surface area contributed by atoms with Crippen LogP contribution in [0.4, 0.5) is 11.7 Å². The van der Waals surface area contributed by atoms with Gasteiger partial charge in [0.15, 0.2) is 0 Å². The summed E-state index contributed by atoms with van der Waals surface area (Å²) in [4.78, 5) is 15.5. The lowest BCUT2D eigenvalue weighted by atomic mass is 10.2. The molecule has 1 heterocycles. The van der Waals surface area contributed by atoms with Gasteiger partial charge in [-0.25, -0.2) is 4.79 Å². The van der Waals surface area contributed by atoms with Gasteiger partial charge in [-0.3, -0.25) is 0 Å². The molecule has 19 heavy (non-hydrogen) atoms. The number of oxazole rings is 1. The van der Waals surface area contributed by atoms with Crippen molar-refractivity contribution < 1.29 is 13.9 Å². The number of nitrogens with one attached hydrogen (secondary N) is 1. The van der Waals surface area contributed by atoms with E-state index in [1.807, 2.05) is 6.92 Å². The van der Waals surface area contributed by atoms with Gasteiger partial charge in [-0.15, -0.1) is 0 Å². The molecule has 0 bridgehead atoms. The predicted octanol–water partition coefficient (Wildman–Crippen LogP) is 2.22. The molecule has 100 valence electrons. The van der Waals surface area contributed by atoms with Crippen LogP contribution in [0.3, 0.4) is 0 Å². The molecule has 0 amide bonds. The summed E-state index contributed by atoms with van der Waals surface area (Å²) in [6, 6.07) is 6.97. The van der Waals surface area contributed by atoms with Crippen molar-refractivity contribution in [1.29, 1.82) is 0 Å². The van der Waals surface area contributed by atoms with Crippen LogP contribution < -0.4 is 11.1 Å². The van der Waals surface area contributed by atoms with E-state index in [4.69, 9.17) is 10.2 Å². The Hall–Kier alpha value is -2.34. The number of benzene rings is 1. The molecule has 0 aliphatic heterocycles. The molecule has 0 saturated carbocycles. The van der Waals surface area contributed by atoms with E-state index in [2.05, 4.69) is 15.0 Å². The first-order valence-corrected chi connectivity index (χ1v) is 5.76. The number of esters is 1. The minimum Gasteiger partial charge on any atom is -0.465 e. The van der Waals surface area contributed by atoms with Crippen LogP contribution in [0.15, 0.2) is 34.9 Å². The van der Waals surface area contributed by atoms with Gasteiger partial charge >= 0.3 is 5.97 Å². The third-order valence-corrected chi connectivity index (χ3v) is 2.55. The molecular formula is C13H15N3O3. The quantitative estimate of drug-likeness (QED) is 0.820. The maximum Gasteiger partial charge on any atom is 0.337 e. The summed E-state index contributed by atoms with van der Waals surface area (Å²) in [6.07, 6.45) is 1.51. The minimum absolute atomic E-state index is 0.180. The zero-order valence-corrected chi connectivity index (χ0v) is 10.7. The van der Waals surface area contributed by atoms with E-state index in [0.717, 1.165) is 5.69 Å². The lowest BCUT2D eigenvalue weighted by Gasteiger charge is -2.03. The van der Waals surface area contributed by atoms with Gasteiger partial charge in [0, 0.05) is 11.7 Å².